The second-order valence-corrected chi connectivity index (χ2v) is 6.27. The molecule has 4 nitrogen and oxygen atoms in total. The van der Waals surface area contributed by atoms with Crippen LogP contribution in [0.5, 0.6) is 0 Å². The highest BCUT2D eigenvalue weighted by Gasteiger charge is 2.36. The number of hydrogen-bond acceptors (Lipinski definition) is 4. The van der Waals surface area contributed by atoms with Crippen LogP contribution >= 0.6 is 0 Å². The minimum absolute atomic E-state index is 0.0997. The summed E-state index contributed by atoms with van der Waals surface area (Å²) in [6, 6.07) is 7.88. The minimum atomic E-state index is -0.0997. The number of aliphatic imine (C=N–C) groups is 2. The molecule has 0 amide bonds. The zero-order chi connectivity index (χ0) is 18.1. The third-order valence-electron chi connectivity index (χ3n) is 4.16. The van der Waals surface area contributed by atoms with Gasteiger partial charge in [0.05, 0.1) is 5.57 Å². The lowest BCUT2D eigenvalue weighted by atomic mass is 9.82. The van der Waals surface area contributed by atoms with Gasteiger partial charge in [-0.3, -0.25) is 4.79 Å². The van der Waals surface area contributed by atoms with Crippen molar-refractivity contribution < 1.29 is 4.79 Å². The Balaban J connectivity index is 2.27. The number of Topliss-reactive ketones (excluding diaryl/α,β-unsaturated/α-hetero) is 1. The molecule has 0 bridgehead atoms. The fourth-order valence-electron chi connectivity index (χ4n) is 2.78. The average Bonchev–Trinajstić information content (AvgIpc) is 3.02. The molecule has 0 aromatic heterocycles. The van der Waals surface area contributed by atoms with E-state index in [1.807, 2.05) is 75.3 Å². The molecule has 1 heterocycles. The molecule has 25 heavy (non-hydrogen) atoms. The fourth-order valence-corrected chi connectivity index (χ4v) is 2.78. The van der Waals surface area contributed by atoms with Crippen molar-refractivity contribution in [3.05, 3.63) is 77.0 Å². The van der Waals surface area contributed by atoms with E-state index in [4.69, 9.17) is 0 Å². The summed E-state index contributed by atoms with van der Waals surface area (Å²) in [6.07, 6.45) is 5.67. The summed E-state index contributed by atoms with van der Waals surface area (Å²) in [5.74, 6) is 0.487. The molecule has 0 fully saturated rings. The Morgan fingerprint density at radius 2 is 1.80 bits per heavy atom. The van der Waals surface area contributed by atoms with Crippen LogP contribution in [0.4, 0.5) is 0 Å². The second kappa shape index (κ2) is 6.48. The highest BCUT2D eigenvalue weighted by Crippen LogP contribution is 2.37. The van der Waals surface area contributed by atoms with Gasteiger partial charge in [-0.1, -0.05) is 54.6 Å². The molecular formula is C21H21N3O. The zero-order valence-electron chi connectivity index (χ0n) is 15.0. The van der Waals surface area contributed by atoms with Crippen molar-refractivity contribution in [1.29, 1.82) is 0 Å². The Morgan fingerprint density at radius 1 is 1.12 bits per heavy atom. The molecule has 1 aromatic carbocycles. The number of carbonyl (C=O) groups is 1. The number of fused-ring (bicyclic) bond motifs is 1. The summed E-state index contributed by atoms with van der Waals surface area (Å²) in [5, 5.41) is 0. The van der Waals surface area contributed by atoms with Gasteiger partial charge < -0.3 is 4.90 Å². The monoisotopic (exact) mass is 331 g/mol. The van der Waals surface area contributed by atoms with Crippen LogP contribution in [-0.2, 0) is 4.79 Å². The summed E-state index contributed by atoms with van der Waals surface area (Å²) < 4.78 is 0. The first-order valence-corrected chi connectivity index (χ1v) is 8.17. The molecule has 3 rings (SSSR count). The number of hydrogen-bond donors (Lipinski definition) is 0. The molecule has 0 saturated heterocycles. The molecule has 0 saturated carbocycles. The lowest BCUT2D eigenvalue weighted by Crippen LogP contribution is -2.22. The van der Waals surface area contributed by atoms with Gasteiger partial charge in [0.1, 0.15) is 11.4 Å². The standard InChI is InChI=1S/C21H21N3O/c1-6-7-8-16-14(3)20(25)17(15-11-9-13(2)10-12-15)19-18(16)22-21(23-19)24(4)5/h6-12H,3H2,1-2,4-5H3/b7-6-,16-8+. The van der Waals surface area contributed by atoms with Gasteiger partial charge in [0, 0.05) is 25.2 Å². The maximum atomic E-state index is 13.0. The number of carbonyl (C=O) groups excluding carboxylic acids is 1. The van der Waals surface area contributed by atoms with Crippen molar-refractivity contribution in [1.82, 2.24) is 4.90 Å². The van der Waals surface area contributed by atoms with E-state index < -0.39 is 0 Å². The summed E-state index contributed by atoms with van der Waals surface area (Å²) in [7, 11) is 3.77. The van der Waals surface area contributed by atoms with Crippen molar-refractivity contribution >= 4 is 23.0 Å². The highest BCUT2D eigenvalue weighted by molar-refractivity contribution is 6.45. The number of aryl methyl sites for hydroxylation is 1. The van der Waals surface area contributed by atoms with E-state index in [9.17, 15) is 4.79 Å². The number of rotatable bonds is 2. The van der Waals surface area contributed by atoms with E-state index in [2.05, 4.69) is 16.6 Å². The van der Waals surface area contributed by atoms with Crippen LogP contribution in [0.25, 0.3) is 5.57 Å². The van der Waals surface area contributed by atoms with Crippen LogP contribution in [0.2, 0.25) is 0 Å². The van der Waals surface area contributed by atoms with Crippen LogP contribution < -0.4 is 0 Å². The summed E-state index contributed by atoms with van der Waals surface area (Å²) in [5.41, 5.74) is 5.07. The van der Waals surface area contributed by atoms with Crippen LogP contribution in [0.1, 0.15) is 18.1 Å². The Hall–Kier alpha value is -3.01. The van der Waals surface area contributed by atoms with Gasteiger partial charge in [0.2, 0.25) is 5.96 Å². The van der Waals surface area contributed by atoms with Crippen molar-refractivity contribution in [2.24, 2.45) is 9.98 Å². The molecule has 126 valence electrons. The third kappa shape index (κ3) is 2.91. The van der Waals surface area contributed by atoms with Crippen molar-refractivity contribution in [2.45, 2.75) is 13.8 Å². The predicted molar refractivity (Wildman–Crippen MR) is 104 cm³/mol. The first-order valence-electron chi connectivity index (χ1n) is 8.17. The second-order valence-electron chi connectivity index (χ2n) is 6.27. The van der Waals surface area contributed by atoms with Crippen molar-refractivity contribution in [3.8, 4) is 0 Å². The lowest BCUT2D eigenvalue weighted by molar-refractivity contribution is -0.110. The molecule has 4 heteroatoms. The predicted octanol–water partition coefficient (Wildman–Crippen LogP) is 3.72. The van der Waals surface area contributed by atoms with E-state index >= 15 is 0 Å². The SMILES string of the molecule is C=C1C(=O)C(c2ccc(C)cc2)=C2N=C(N(C)C)N=C2/C1=C/C=C\C. The zero-order valence-corrected chi connectivity index (χ0v) is 15.0. The van der Waals surface area contributed by atoms with Gasteiger partial charge in [-0.05, 0) is 19.4 Å². The van der Waals surface area contributed by atoms with E-state index in [1.165, 1.54) is 0 Å². The summed E-state index contributed by atoms with van der Waals surface area (Å²) in [4.78, 5) is 24.1. The Morgan fingerprint density at radius 3 is 2.40 bits per heavy atom. The average molecular weight is 331 g/mol. The third-order valence-corrected chi connectivity index (χ3v) is 4.16. The Bertz CT molecular complexity index is 907. The van der Waals surface area contributed by atoms with Gasteiger partial charge >= 0.3 is 0 Å². The molecule has 0 spiro atoms. The molecule has 0 unspecified atom stereocenters. The normalized spacial score (nSPS) is 18.8. The number of benzene rings is 1. The van der Waals surface area contributed by atoms with Gasteiger partial charge in [0.15, 0.2) is 5.78 Å². The van der Waals surface area contributed by atoms with E-state index in [1.54, 1.807) is 0 Å². The Labute approximate surface area is 148 Å². The van der Waals surface area contributed by atoms with Gasteiger partial charge in [-0.2, -0.15) is 0 Å². The number of nitrogens with zero attached hydrogens (tertiary/aromatic N) is 3. The van der Waals surface area contributed by atoms with Crippen molar-refractivity contribution in [2.75, 3.05) is 14.1 Å². The molecule has 1 aliphatic heterocycles. The maximum Gasteiger partial charge on any atom is 0.226 e. The molecule has 0 atom stereocenters. The number of allylic oxidation sites excluding steroid dienone is 6. The summed E-state index contributed by atoms with van der Waals surface area (Å²) in [6.45, 7) is 7.97. The number of guanidine groups is 1. The highest BCUT2D eigenvalue weighted by atomic mass is 16.1. The van der Waals surface area contributed by atoms with Crippen LogP contribution in [0.3, 0.4) is 0 Å². The molecular weight excluding hydrogens is 310 g/mol. The molecule has 1 aliphatic carbocycles. The Kier molecular flexibility index (Phi) is 4.36. The number of ketones is 1. The van der Waals surface area contributed by atoms with Gasteiger partial charge in [0.25, 0.3) is 0 Å². The largest absolute Gasteiger partial charge is 0.347 e. The summed E-state index contributed by atoms with van der Waals surface area (Å²) >= 11 is 0. The first-order chi connectivity index (χ1) is 11.9. The molecule has 0 radical (unpaired) electrons. The lowest BCUT2D eigenvalue weighted by Gasteiger charge is -2.20. The minimum Gasteiger partial charge on any atom is -0.347 e. The fraction of sp³-hybridized carbons (Fsp3) is 0.190. The molecule has 1 aromatic rings. The smallest absolute Gasteiger partial charge is 0.226 e. The van der Waals surface area contributed by atoms with Crippen molar-refractivity contribution in [3.63, 3.8) is 0 Å². The topological polar surface area (TPSA) is 45.0 Å². The van der Waals surface area contributed by atoms with E-state index in [-0.39, 0.29) is 5.78 Å². The van der Waals surface area contributed by atoms with Gasteiger partial charge in [-0.25, -0.2) is 9.98 Å². The van der Waals surface area contributed by atoms with E-state index in [0.717, 1.165) is 16.7 Å². The quantitative estimate of drug-likeness (QED) is 0.775. The van der Waals surface area contributed by atoms with E-state index in [0.29, 0.717) is 28.5 Å². The first kappa shape index (κ1) is 16.8. The molecule has 0 N–H and O–H groups in total. The van der Waals surface area contributed by atoms with Crippen LogP contribution in [-0.4, -0.2) is 36.4 Å². The van der Waals surface area contributed by atoms with Crippen LogP contribution in [0.15, 0.2) is 75.9 Å². The maximum absolute atomic E-state index is 13.0. The van der Waals surface area contributed by atoms with Crippen LogP contribution in [0, 0.1) is 6.92 Å². The molecule has 2 aliphatic rings. The van der Waals surface area contributed by atoms with Gasteiger partial charge in [-0.15, -0.1) is 0 Å².